The van der Waals surface area contributed by atoms with Gasteiger partial charge in [0.25, 0.3) is 11.5 Å². The van der Waals surface area contributed by atoms with Gasteiger partial charge in [0.2, 0.25) is 0 Å². The Bertz CT molecular complexity index is 1580. The maximum atomic E-state index is 13.6. The second-order valence-corrected chi connectivity index (χ2v) is 8.85. The van der Waals surface area contributed by atoms with Crippen LogP contribution in [0.2, 0.25) is 0 Å². The first kappa shape index (κ1) is 26.1. The molecule has 0 aliphatic carbocycles. The predicted molar refractivity (Wildman–Crippen MR) is 141 cm³/mol. The molecule has 1 fully saturated rings. The van der Waals surface area contributed by atoms with Crippen LogP contribution in [-0.2, 0) is 11.3 Å². The van der Waals surface area contributed by atoms with Crippen LogP contribution in [0.5, 0.6) is 5.75 Å². The molecule has 0 atom stereocenters. The molecule has 39 heavy (non-hydrogen) atoms. The highest BCUT2D eigenvalue weighted by Crippen LogP contribution is 2.25. The molecular formula is C28H25F2N5O4. The van der Waals surface area contributed by atoms with Crippen LogP contribution in [0.15, 0.2) is 84.3 Å². The van der Waals surface area contributed by atoms with E-state index >= 15 is 0 Å². The predicted octanol–water partition coefficient (Wildman–Crippen LogP) is 4.02. The highest BCUT2D eigenvalue weighted by atomic mass is 19.3. The Hall–Kier alpha value is -4.48. The van der Waals surface area contributed by atoms with E-state index < -0.39 is 17.6 Å². The van der Waals surface area contributed by atoms with Gasteiger partial charge >= 0.3 is 6.11 Å². The number of anilines is 1. The fraction of sp³-hybridized carbons (Fsp3) is 0.214. The molecule has 0 spiro atoms. The molecule has 200 valence electrons. The largest absolute Gasteiger partial charge is 0.429 e. The first-order valence-corrected chi connectivity index (χ1v) is 12.2. The summed E-state index contributed by atoms with van der Waals surface area (Å²) < 4.78 is 38.4. The molecule has 3 heterocycles. The number of morpholine rings is 1. The van der Waals surface area contributed by atoms with Crippen LogP contribution in [0.3, 0.4) is 0 Å². The molecule has 1 aliphatic heterocycles. The van der Waals surface area contributed by atoms with E-state index in [0.717, 1.165) is 23.5 Å². The summed E-state index contributed by atoms with van der Waals surface area (Å²) in [6.45, 7) is 6.55. The minimum Gasteiger partial charge on any atom is -0.429 e. The molecular weight excluding hydrogens is 508 g/mol. The number of halogens is 2. The van der Waals surface area contributed by atoms with Crippen molar-refractivity contribution in [2.24, 2.45) is 0 Å². The number of hydrogen-bond acceptors (Lipinski definition) is 7. The molecule has 11 heteroatoms. The number of benzene rings is 2. The lowest BCUT2D eigenvalue weighted by Gasteiger charge is -2.26. The maximum absolute atomic E-state index is 13.6. The third kappa shape index (κ3) is 6.00. The third-order valence-electron chi connectivity index (χ3n) is 6.15. The molecule has 4 aromatic rings. The Balaban J connectivity index is 1.43. The van der Waals surface area contributed by atoms with Crippen molar-refractivity contribution in [3.05, 3.63) is 101 Å². The first-order chi connectivity index (χ1) is 18.8. The quantitative estimate of drug-likeness (QED) is 0.342. The summed E-state index contributed by atoms with van der Waals surface area (Å²) in [6.07, 6.45) is -1.74. The standard InChI is InChI=1S/C28H25F2N5O4/c1-2-28(29,30)39-22-9-5-8-21(16-22)35-27(37)25-19(17-31-35)6-3-10-23(25)33-26(36)24-11-4-7-20(32-24)18-34-12-14-38-15-13-34/h2-11,16-17H,1,12-15,18H2,(H,33,36). The van der Waals surface area contributed by atoms with Gasteiger partial charge in [-0.3, -0.25) is 14.5 Å². The van der Waals surface area contributed by atoms with Crippen molar-refractivity contribution < 1.29 is 23.0 Å². The average molecular weight is 534 g/mol. The van der Waals surface area contributed by atoms with Crippen LogP contribution in [0.1, 0.15) is 16.2 Å². The van der Waals surface area contributed by atoms with Crippen LogP contribution in [0.4, 0.5) is 14.5 Å². The number of amides is 1. The van der Waals surface area contributed by atoms with Gasteiger partial charge in [0.15, 0.2) is 0 Å². The zero-order chi connectivity index (χ0) is 27.4. The van der Waals surface area contributed by atoms with Gasteiger partial charge in [-0.2, -0.15) is 18.6 Å². The zero-order valence-corrected chi connectivity index (χ0v) is 20.8. The molecule has 9 nitrogen and oxygen atoms in total. The van der Waals surface area contributed by atoms with E-state index in [1.165, 1.54) is 30.5 Å². The van der Waals surface area contributed by atoms with Crippen molar-refractivity contribution in [3.8, 4) is 11.4 Å². The molecule has 2 aromatic heterocycles. The lowest BCUT2D eigenvalue weighted by molar-refractivity contribution is -0.131. The SMILES string of the molecule is C=CC(F)(F)Oc1cccc(-n2ncc3cccc(NC(=O)c4cccc(CN5CCOCC5)n4)c3c2=O)c1. The summed E-state index contributed by atoms with van der Waals surface area (Å²) in [5.41, 5.74) is 0.880. The lowest BCUT2D eigenvalue weighted by Crippen LogP contribution is -2.36. The highest BCUT2D eigenvalue weighted by molar-refractivity contribution is 6.08. The summed E-state index contributed by atoms with van der Waals surface area (Å²) in [7, 11) is 0. The monoisotopic (exact) mass is 533 g/mol. The molecule has 2 aromatic carbocycles. The van der Waals surface area contributed by atoms with E-state index in [1.54, 1.807) is 30.3 Å². The van der Waals surface area contributed by atoms with E-state index in [9.17, 15) is 18.4 Å². The third-order valence-corrected chi connectivity index (χ3v) is 6.15. The van der Waals surface area contributed by atoms with Gasteiger partial charge in [0.05, 0.1) is 41.9 Å². The second kappa shape index (κ2) is 11.1. The van der Waals surface area contributed by atoms with Gasteiger partial charge < -0.3 is 14.8 Å². The van der Waals surface area contributed by atoms with Crippen LogP contribution in [-0.4, -0.2) is 58.0 Å². The number of hydrogen-bond donors (Lipinski definition) is 1. The van der Waals surface area contributed by atoms with Gasteiger partial charge in [0.1, 0.15) is 11.4 Å². The number of pyridine rings is 1. The normalized spacial score (nSPS) is 14.2. The molecule has 1 aliphatic rings. The fourth-order valence-electron chi connectivity index (χ4n) is 4.23. The van der Waals surface area contributed by atoms with Crippen LogP contribution in [0, 0.1) is 0 Å². The number of rotatable bonds is 8. The topological polar surface area (TPSA) is 98.6 Å². The number of ether oxygens (including phenoxy) is 2. The number of alkyl halides is 2. The van der Waals surface area contributed by atoms with E-state index in [0.29, 0.717) is 31.2 Å². The molecule has 5 rings (SSSR count). The fourth-order valence-corrected chi connectivity index (χ4v) is 4.23. The zero-order valence-electron chi connectivity index (χ0n) is 20.8. The summed E-state index contributed by atoms with van der Waals surface area (Å²) in [4.78, 5) is 33.4. The number of carbonyl (C=O) groups excluding carboxylic acids is 1. The van der Waals surface area contributed by atoms with Crippen LogP contribution >= 0.6 is 0 Å². The Morgan fingerprint density at radius 3 is 2.69 bits per heavy atom. The molecule has 1 saturated heterocycles. The molecule has 0 saturated carbocycles. The van der Waals surface area contributed by atoms with E-state index in [2.05, 4.69) is 31.6 Å². The van der Waals surface area contributed by atoms with Crippen molar-refractivity contribution in [1.29, 1.82) is 0 Å². The number of nitrogens with zero attached hydrogens (tertiary/aromatic N) is 4. The second-order valence-electron chi connectivity index (χ2n) is 8.85. The Morgan fingerprint density at radius 2 is 1.90 bits per heavy atom. The highest BCUT2D eigenvalue weighted by Gasteiger charge is 2.26. The Morgan fingerprint density at radius 1 is 1.13 bits per heavy atom. The molecule has 1 amide bonds. The van der Waals surface area contributed by atoms with E-state index in [4.69, 9.17) is 4.74 Å². The van der Waals surface area contributed by atoms with Gasteiger partial charge in [0, 0.05) is 37.2 Å². The van der Waals surface area contributed by atoms with Crippen LogP contribution < -0.4 is 15.6 Å². The van der Waals surface area contributed by atoms with E-state index in [1.807, 2.05) is 6.07 Å². The smallest absolute Gasteiger partial charge is 0.419 e. The van der Waals surface area contributed by atoms with Crippen molar-refractivity contribution in [2.45, 2.75) is 12.7 Å². The van der Waals surface area contributed by atoms with E-state index in [-0.39, 0.29) is 28.2 Å². The molecule has 0 radical (unpaired) electrons. The summed E-state index contributed by atoms with van der Waals surface area (Å²) in [5, 5.41) is 7.67. The van der Waals surface area contributed by atoms with Crippen molar-refractivity contribution in [3.63, 3.8) is 0 Å². The molecule has 1 N–H and O–H groups in total. The summed E-state index contributed by atoms with van der Waals surface area (Å²) >= 11 is 0. The minimum absolute atomic E-state index is 0.171. The average Bonchev–Trinajstić information content (AvgIpc) is 2.94. The first-order valence-electron chi connectivity index (χ1n) is 12.2. The summed E-state index contributed by atoms with van der Waals surface area (Å²) in [6, 6.07) is 15.8. The maximum Gasteiger partial charge on any atom is 0.419 e. The molecule has 0 bridgehead atoms. The van der Waals surface area contributed by atoms with Gasteiger partial charge in [-0.25, -0.2) is 4.98 Å². The Kier molecular flexibility index (Phi) is 7.44. The van der Waals surface area contributed by atoms with Gasteiger partial charge in [-0.1, -0.05) is 30.8 Å². The van der Waals surface area contributed by atoms with Crippen LogP contribution in [0.25, 0.3) is 16.5 Å². The lowest BCUT2D eigenvalue weighted by atomic mass is 10.1. The summed E-state index contributed by atoms with van der Waals surface area (Å²) in [5.74, 6) is -0.646. The van der Waals surface area contributed by atoms with Gasteiger partial charge in [-0.15, -0.1) is 0 Å². The van der Waals surface area contributed by atoms with Gasteiger partial charge in [-0.05, 0) is 30.3 Å². The molecule has 0 unspecified atom stereocenters. The number of fused-ring (bicyclic) bond motifs is 1. The van der Waals surface area contributed by atoms with Crippen molar-refractivity contribution >= 4 is 22.4 Å². The number of aromatic nitrogens is 3. The number of nitrogens with one attached hydrogen (secondary N) is 1. The minimum atomic E-state index is -3.58. The van der Waals surface area contributed by atoms with Crippen molar-refractivity contribution in [2.75, 3.05) is 31.6 Å². The number of carbonyl (C=O) groups is 1. The van der Waals surface area contributed by atoms with Crippen molar-refractivity contribution in [1.82, 2.24) is 19.7 Å². The Labute approximate surface area is 222 Å².